The minimum absolute atomic E-state index is 0.0623. The number of ether oxygens (including phenoxy) is 1. The molecule has 4 aliphatic rings. The van der Waals surface area contributed by atoms with Crippen LogP contribution >= 0.6 is 0 Å². The van der Waals surface area contributed by atoms with E-state index in [4.69, 9.17) is 4.74 Å². The molecule has 2 aromatic rings. The Balaban J connectivity index is 1.25. The number of rotatable bonds is 3. The van der Waals surface area contributed by atoms with E-state index in [1.807, 2.05) is 0 Å². The predicted molar refractivity (Wildman–Crippen MR) is 110 cm³/mol. The van der Waals surface area contributed by atoms with E-state index >= 15 is 0 Å². The van der Waals surface area contributed by atoms with Crippen LogP contribution in [0.2, 0.25) is 0 Å². The molecular weight excluding hydrogens is 348 g/mol. The third-order valence-corrected chi connectivity index (χ3v) is 6.75. The molecule has 1 amide bonds. The maximum absolute atomic E-state index is 12.5. The van der Waals surface area contributed by atoms with Crippen LogP contribution < -0.4 is 5.32 Å². The Hall–Kier alpha value is -2.33. The van der Waals surface area contributed by atoms with Crippen molar-refractivity contribution in [1.29, 1.82) is 0 Å². The summed E-state index contributed by atoms with van der Waals surface area (Å²) in [5, 5.41) is 3.13. The van der Waals surface area contributed by atoms with Crippen molar-refractivity contribution in [3.05, 3.63) is 59.2 Å². The third kappa shape index (κ3) is 3.42. The third-order valence-electron chi connectivity index (χ3n) is 6.75. The maximum atomic E-state index is 12.5. The van der Waals surface area contributed by atoms with E-state index in [-0.39, 0.29) is 18.2 Å². The fourth-order valence-corrected chi connectivity index (χ4v) is 5.05. The van der Waals surface area contributed by atoms with Crippen LogP contribution in [0.1, 0.15) is 42.0 Å². The first-order valence-corrected chi connectivity index (χ1v) is 10.5. The molecule has 1 aliphatic carbocycles. The average Bonchev–Trinajstić information content (AvgIpc) is 3.11. The number of carbonyl (C=O) groups excluding carboxylic acids is 1. The number of aryl methyl sites for hydroxylation is 2. The van der Waals surface area contributed by atoms with Gasteiger partial charge >= 0.3 is 6.09 Å². The number of nitrogens with zero attached hydrogens (tertiary/aromatic N) is 1. The van der Waals surface area contributed by atoms with Gasteiger partial charge in [0.2, 0.25) is 0 Å². The zero-order valence-corrected chi connectivity index (χ0v) is 16.5. The topological polar surface area (TPSA) is 41.6 Å². The molecule has 0 spiro atoms. The van der Waals surface area contributed by atoms with E-state index in [1.54, 1.807) is 0 Å². The summed E-state index contributed by atoms with van der Waals surface area (Å²) in [6, 6.07) is 15.3. The molecule has 3 saturated heterocycles. The molecule has 28 heavy (non-hydrogen) atoms. The molecule has 3 fully saturated rings. The molecule has 4 heteroatoms. The Bertz CT molecular complexity index is 869. The number of hydrogen-bond acceptors (Lipinski definition) is 3. The van der Waals surface area contributed by atoms with Gasteiger partial charge in [0.25, 0.3) is 0 Å². The second-order valence-corrected chi connectivity index (χ2v) is 8.60. The summed E-state index contributed by atoms with van der Waals surface area (Å²) in [7, 11) is 0. The lowest BCUT2D eigenvalue weighted by atomic mass is 9.86. The molecular formula is C24H28N2O2. The van der Waals surface area contributed by atoms with Crippen molar-refractivity contribution in [3.8, 4) is 11.1 Å². The molecule has 0 saturated carbocycles. The Morgan fingerprint density at radius 3 is 2.50 bits per heavy atom. The molecule has 2 atom stereocenters. The Labute approximate surface area is 166 Å². The van der Waals surface area contributed by atoms with E-state index in [0.29, 0.717) is 5.92 Å². The van der Waals surface area contributed by atoms with Gasteiger partial charge in [-0.1, -0.05) is 48.0 Å². The van der Waals surface area contributed by atoms with E-state index < -0.39 is 0 Å². The van der Waals surface area contributed by atoms with Crippen LogP contribution in [0.15, 0.2) is 42.5 Å². The van der Waals surface area contributed by atoms with Crippen LogP contribution in [0.3, 0.4) is 0 Å². The summed E-state index contributed by atoms with van der Waals surface area (Å²) >= 11 is 0. The fraction of sp³-hybridized carbons (Fsp3) is 0.458. The Kier molecular flexibility index (Phi) is 4.59. The number of nitrogens with one attached hydrogen (secondary N) is 1. The molecule has 2 aromatic carbocycles. The number of alkyl carbamates (subject to hydrolysis) is 1. The molecule has 6 rings (SSSR count). The van der Waals surface area contributed by atoms with E-state index in [1.165, 1.54) is 27.8 Å². The summed E-state index contributed by atoms with van der Waals surface area (Å²) in [5.41, 5.74) is 6.34. The summed E-state index contributed by atoms with van der Waals surface area (Å²) < 4.78 is 5.81. The van der Waals surface area contributed by atoms with Gasteiger partial charge < -0.3 is 10.1 Å². The van der Waals surface area contributed by atoms with Crippen molar-refractivity contribution in [1.82, 2.24) is 10.2 Å². The van der Waals surface area contributed by atoms with E-state index in [2.05, 4.69) is 59.6 Å². The van der Waals surface area contributed by atoms with Crippen molar-refractivity contribution in [2.45, 2.75) is 44.8 Å². The molecule has 3 heterocycles. The summed E-state index contributed by atoms with van der Waals surface area (Å²) in [6.45, 7) is 5.33. The molecule has 1 unspecified atom stereocenters. The van der Waals surface area contributed by atoms with Gasteiger partial charge in [-0.05, 0) is 73.9 Å². The number of benzene rings is 2. The van der Waals surface area contributed by atoms with Crippen molar-refractivity contribution >= 4 is 6.09 Å². The molecule has 0 radical (unpaired) electrons. The minimum atomic E-state index is -0.251. The number of fused-ring (bicyclic) bond motifs is 4. The SMILES string of the molecule is Cc1ccc(-c2ccc3c(c2)CCC3NC(=O)O[C@H]2CN3CCC2CC3)cc1. The Morgan fingerprint density at radius 2 is 1.79 bits per heavy atom. The summed E-state index contributed by atoms with van der Waals surface area (Å²) in [6.07, 6.45) is 4.08. The van der Waals surface area contributed by atoms with Crippen molar-refractivity contribution in [3.63, 3.8) is 0 Å². The summed E-state index contributed by atoms with van der Waals surface area (Å²) in [5.74, 6) is 0.545. The van der Waals surface area contributed by atoms with Gasteiger partial charge in [0, 0.05) is 6.54 Å². The lowest BCUT2D eigenvalue weighted by Crippen LogP contribution is -2.52. The van der Waals surface area contributed by atoms with Crippen LogP contribution in [0.4, 0.5) is 4.79 Å². The largest absolute Gasteiger partial charge is 0.445 e. The number of piperidine rings is 3. The second-order valence-electron chi connectivity index (χ2n) is 8.60. The standard InChI is InChI=1S/C24H28N2O2/c1-16-2-4-17(5-3-16)19-6-8-21-20(14-19)7-9-22(21)25-24(27)28-23-15-26-12-10-18(23)11-13-26/h2-6,8,14,18,22-23H,7,9-13,15H2,1H3,(H,25,27)/t22?,23-/m0/s1. The lowest BCUT2D eigenvalue weighted by molar-refractivity contribution is -0.0339. The highest BCUT2D eigenvalue weighted by Gasteiger charge is 2.37. The zero-order valence-electron chi connectivity index (χ0n) is 16.5. The quantitative estimate of drug-likeness (QED) is 0.859. The van der Waals surface area contributed by atoms with E-state index in [0.717, 1.165) is 45.3 Å². The highest BCUT2D eigenvalue weighted by molar-refractivity contribution is 5.70. The first kappa shape index (κ1) is 17.7. The number of hydrogen-bond donors (Lipinski definition) is 1. The van der Waals surface area contributed by atoms with Gasteiger partial charge in [0.1, 0.15) is 6.10 Å². The van der Waals surface area contributed by atoms with Gasteiger partial charge in [-0.25, -0.2) is 4.79 Å². The van der Waals surface area contributed by atoms with Crippen molar-refractivity contribution in [2.75, 3.05) is 19.6 Å². The summed E-state index contributed by atoms with van der Waals surface area (Å²) in [4.78, 5) is 14.9. The maximum Gasteiger partial charge on any atom is 0.407 e. The molecule has 2 bridgehead atoms. The highest BCUT2D eigenvalue weighted by Crippen LogP contribution is 2.35. The van der Waals surface area contributed by atoms with E-state index in [9.17, 15) is 4.79 Å². The van der Waals surface area contributed by atoms with Crippen LogP contribution in [-0.2, 0) is 11.2 Å². The fourth-order valence-electron chi connectivity index (χ4n) is 5.05. The van der Waals surface area contributed by atoms with Crippen LogP contribution in [0, 0.1) is 12.8 Å². The van der Waals surface area contributed by atoms with Crippen molar-refractivity contribution < 1.29 is 9.53 Å². The lowest BCUT2D eigenvalue weighted by Gasteiger charge is -2.43. The average molecular weight is 377 g/mol. The number of carbonyl (C=O) groups is 1. The van der Waals surface area contributed by atoms with Crippen LogP contribution in [-0.4, -0.2) is 36.7 Å². The number of amides is 1. The monoisotopic (exact) mass is 376 g/mol. The minimum Gasteiger partial charge on any atom is -0.445 e. The molecule has 146 valence electrons. The smallest absolute Gasteiger partial charge is 0.407 e. The van der Waals surface area contributed by atoms with Gasteiger partial charge in [-0.2, -0.15) is 0 Å². The first-order valence-electron chi connectivity index (χ1n) is 10.5. The van der Waals surface area contributed by atoms with Gasteiger partial charge in [-0.3, -0.25) is 4.90 Å². The van der Waals surface area contributed by atoms with Gasteiger partial charge in [0.15, 0.2) is 0 Å². The van der Waals surface area contributed by atoms with Gasteiger partial charge in [-0.15, -0.1) is 0 Å². The highest BCUT2D eigenvalue weighted by atomic mass is 16.6. The predicted octanol–water partition coefficient (Wildman–Crippen LogP) is 4.47. The molecule has 3 aliphatic heterocycles. The normalized spacial score (nSPS) is 28.0. The molecule has 1 N–H and O–H groups in total. The van der Waals surface area contributed by atoms with Gasteiger partial charge in [0.05, 0.1) is 6.04 Å². The molecule has 0 aromatic heterocycles. The van der Waals surface area contributed by atoms with Crippen LogP contribution in [0.25, 0.3) is 11.1 Å². The second kappa shape index (κ2) is 7.25. The Morgan fingerprint density at radius 1 is 1.04 bits per heavy atom. The van der Waals surface area contributed by atoms with Crippen molar-refractivity contribution in [2.24, 2.45) is 5.92 Å². The van der Waals surface area contributed by atoms with Crippen LogP contribution in [0.5, 0.6) is 0 Å². The zero-order chi connectivity index (χ0) is 19.1. The first-order chi connectivity index (χ1) is 13.7. The molecule has 4 nitrogen and oxygen atoms in total.